The largest absolute Gasteiger partial charge is 0.488 e. The van der Waals surface area contributed by atoms with E-state index in [1.165, 1.54) is 12.4 Å². The molecule has 1 aromatic heterocycles. The van der Waals surface area contributed by atoms with Gasteiger partial charge in [0.1, 0.15) is 0 Å². The second-order valence-corrected chi connectivity index (χ2v) is 4.49. The van der Waals surface area contributed by atoms with Gasteiger partial charge in [0.25, 0.3) is 0 Å². The van der Waals surface area contributed by atoms with E-state index in [0.29, 0.717) is 15.5 Å². The summed E-state index contributed by atoms with van der Waals surface area (Å²) in [6.45, 7) is 0. The van der Waals surface area contributed by atoms with Crippen molar-refractivity contribution in [2.24, 2.45) is 0 Å². The number of nitrogens with one attached hydrogen (secondary N) is 1. The minimum atomic E-state index is -5.02. The Kier molecular flexibility index (Phi) is 2.39. The van der Waals surface area contributed by atoms with Crippen LogP contribution >= 0.6 is 15.9 Å². The van der Waals surface area contributed by atoms with Crippen molar-refractivity contribution >= 4 is 37.5 Å². The van der Waals surface area contributed by atoms with E-state index in [4.69, 9.17) is 0 Å². The van der Waals surface area contributed by atoms with E-state index in [2.05, 4.69) is 30.1 Å². The number of aromatic amines is 1. The topological polar surface area (TPSA) is 72.1 Å². The normalized spacial score (nSPS) is 11.9. The Labute approximate surface area is 92.8 Å². The molecule has 5 nitrogen and oxygen atoms in total. The third-order valence-electron chi connectivity index (χ3n) is 1.66. The number of hydrogen-bond donors (Lipinski definition) is 1. The maximum absolute atomic E-state index is 12.3. The van der Waals surface area contributed by atoms with Crippen molar-refractivity contribution < 1.29 is 16.5 Å². The van der Waals surface area contributed by atoms with E-state index < -0.39 is 10.5 Å². The average molecular weight is 295 g/mol. The van der Waals surface area contributed by atoms with Crippen LogP contribution in [0.4, 0.5) is 3.89 Å². The lowest BCUT2D eigenvalue weighted by molar-refractivity contribution is 0.439. The molecule has 0 saturated heterocycles. The molecule has 0 aliphatic heterocycles. The number of rotatable bonds is 2. The van der Waals surface area contributed by atoms with Gasteiger partial charge in [0.15, 0.2) is 5.75 Å². The first-order valence-corrected chi connectivity index (χ1v) is 5.82. The van der Waals surface area contributed by atoms with Gasteiger partial charge in [-0.1, -0.05) is 3.89 Å². The van der Waals surface area contributed by atoms with Gasteiger partial charge in [-0.2, -0.15) is 8.42 Å². The Hall–Kier alpha value is -1.15. The molecule has 0 spiro atoms. The summed E-state index contributed by atoms with van der Waals surface area (Å²) < 4.78 is 37.3. The molecule has 15 heavy (non-hydrogen) atoms. The maximum Gasteiger partial charge on any atom is 0.488 e. The van der Waals surface area contributed by atoms with Crippen molar-refractivity contribution in [3.8, 4) is 5.75 Å². The summed E-state index contributed by atoms with van der Waals surface area (Å²) >= 11 is 3.05. The quantitative estimate of drug-likeness (QED) is 0.859. The molecule has 0 atom stereocenters. The zero-order chi connectivity index (χ0) is 11.1. The predicted molar refractivity (Wildman–Crippen MR) is 54.4 cm³/mol. The number of nitrogens with zero attached hydrogens (tertiary/aromatic N) is 1. The van der Waals surface area contributed by atoms with Gasteiger partial charge in [-0.05, 0) is 22.0 Å². The number of imidazole rings is 1. The fourth-order valence-corrected chi connectivity index (χ4v) is 1.99. The van der Waals surface area contributed by atoms with Crippen LogP contribution in [0.3, 0.4) is 0 Å². The van der Waals surface area contributed by atoms with E-state index in [0.717, 1.165) is 0 Å². The van der Waals surface area contributed by atoms with Crippen molar-refractivity contribution in [3.05, 3.63) is 22.9 Å². The summed E-state index contributed by atoms with van der Waals surface area (Å²) in [6.07, 6.45) is 1.44. The third kappa shape index (κ3) is 2.26. The average Bonchev–Trinajstić information content (AvgIpc) is 2.49. The van der Waals surface area contributed by atoms with Gasteiger partial charge in [0.2, 0.25) is 0 Å². The molecule has 0 aliphatic carbocycles. The summed E-state index contributed by atoms with van der Waals surface area (Å²) in [4.78, 5) is 6.69. The van der Waals surface area contributed by atoms with Crippen molar-refractivity contribution in [1.82, 2.24) is 9.97 Å². The number of aromatic nitrogens is 2. The van der Waals surface area contributed by atoms with Crippen LogP contribution in [0.25, 0.3) is 11.0 Å². The zero-order valence-corrected chi connectivity index (χ0v) is 9.47. The Balaban J connectivity index is 2.55. The van der Waals surface area contributed by atoms with Crippen LogP contribution in [0.1, 0.15) is 0 Å². The van der Waals surface area contributed by atoms with Crippen LogP contribution in [0.15, 0.2) is 22.9 Å². The van der Waals surface area contributed by atoms with E-state index in [1.807, 2.05) is 0 Å². The minimum absolute atomic E-state index is 0.142. The second-order valence-electron chi connectivity index (χ2n) is 2.68. The molecule has 0 bridgehead atoms. The zero-order valence-electron chi connectivity index (χ0n) is 7.07. The van der Waals surface area contributed by atoms with Gasteiger partial charge in [0.05, 0.1) is 21.8 Å². The standard InChI is InChI=1S/C7H4BrFN2O3S/c8-4-1-5-6(11-3-10-5)2-7(4)14-15(9,12)13/h1-3H,(H,10,11). The Morgan fingerprint density at radius 1 is 1.47 bits per heavy atom. The van der Waals surface area contributed by atoms with E-state index >= 15 is 0 Å². The third-order valence-corrected chi connectivity index (χ3v) is 2.66. The highest BCUT2D eigenvalue weighted by Crippen LogP contribution is 2.30. The van der Waals surface area contributed by atoms with Crippen LogP contribution in [0.2, 0.25) is 0 Å². The van der Waals surface area contributed by atoms with E-state index in [9.17, 15) is 12.3 Å². The monoisotopic (exact) mass is 294 g/mol. The smallest absolute Gasteiger partial charge is 0.357 e. The summed E-state index contributed by atoms with van der Waals surface area (Å²) in [5.41, 5.74) is 1.17. The first-order valence-electron chi connectivity index (χ1n) is 3.72. The van der Waals surface area contributed by atoms with Crippen LogP contribution in [-0.4, -0.2) is 18.4 Å². The minimum Gasteiger partial charge on any atom is -0.357 e. The molecule has 1 heterocycles. The van der Waals surface area contributed by atoms with E-state index in [1.54, 1.807) is 6.07 Å². The highest BCUT2D eigenvalue weighted by atomic mass is 79.9. The van der Waals surface area contributed by atoms with Crippen molar-refractivity contribution in [1.29, 1.82) is 0 Å². The molecule has 0 unspecified atom stereocenters. The van der Waals surface area contributed by atoms with Gasteiger partial charge in [-0.25, -0.2) is 4.98 Å². The number of benzene rings is 1. The molecule has 0 fully saturated rings. The lowest BCUT2D eigenvalue weighted by Crippen LogP contribution is -2.01. The Bertz CT molecular complexity index is 610. The number of fused-ring (bicyclic) bond motifs is 1. The summed E-state index contributed by atoms with van der Waals surface area (Å²) in [7, 11) is -5.02. The molecule has 8 heteroatoms. The Morgan fingerprint density at radius 2 is 2.20 bits per heavy atom. The van der Waals surface area contributed by atoms with Crippen molar-refractivity contribution in [3.63, 3.8) is 0 Å². The maximum atomic E-state index is 12.3. The predicted octanol–water partition coefficient (Wildman–Crippen LogP) is 1.92. The molecule has 1 N–H and O–H groups in total. The molecule has 2 aromatic rings. The van der Waals surface area contributed by atoms with Gasteiger partial charge in [-0.15, -0.1) is 0 Å². The lowest BCUT2D eigenvalue weighted by atomic mass is 10.3. The highest BCUT2D eigenvalue weighted by molar-refractivity contribution is 9.10. The van der Waals surface area contributed by atoms with Crippen LogP contribution in [-0.2, 0) is 10.5 Å². The highest BCUT2D eigenvalue weighted by Gasteiger charge is 2.14. The van der Waals surface area contributed by atoms with Crippen LogP contribution < -0.4 is 4.18 Å². The van der Waals surface area contributed by atoms with Gasteiger partial charge in [0, 0.05) is 6.07 Å². The summed E-state index contributed by atoms with van der Waals surface area (Å²) in [6, 6.07) is 2.86. The second kappa shape index (κ2) is 3.46. The lowest BCUT2D eigenvalue weighted by Gasteiger charge is -2.02. The van der Waals surface area contributed by atoms with Crippen molar-refractivity contribution in [2.45, 2.75) is 0 Å². The summed E-state index contributed by atoms with van der Waals surface area (Å²) in [5, 5.41) is 0. The number of halogens is 2. The number of H-pyrrole nitrogens is 1. The number of hydrogen-bond acceptors (Lipinski definition) is 4. The molecular formula is C7H4BrFN2O3S. The molecule has 80 valence electrons. The molecule has 2 rings (SSSR count). The fraction of sp³-hybridized carbons (Fsp3) is 0. The molecular weight excluding hydrogens is 291 g/mol. The molecule has 0 amide bonds. The van der Waals surface area contributed by atoms with Crippen molar-refractivity contribution in [2.75, 3.05) is 0 Å². The Morgan fingerprint density at radius 3 is 2.87 bits per heavy atom. The molecule has 1 aromatic carbocycles. The first-order chi connectivity index (χ1) is 6.96. The SMILES string of the molecule is O=S(=O)(F)Oc1cc2nc[nH]c2cc1Br. The van der Waals surface area contributed by atoms with Crippen LogP contribution in [0.5, 0.6) is 5.75 Å². The van der Waals surface area contributed by atoms with E-state index in [-0.39, 0.29) is 5.75 Å². The fourth-order valence-electron chi connectivity index (χ4n) is 1.11. The first kappa shape index (κ1) is 10.4. The summed E-state index contributed by atoms with van der Waals surface area (Å²) in [5.74, 6) is -0.142. The van der Waals surface area contributed by atoms with Gasteiger partial charge >= 0.3 is 10.5 Å². The van der Waals surface area contributed by atoms with Gasteiger partial charge in [-0.3, -0.25) is 0 Å². The van der Waals surface area contributed by atoms with Crippen LogP contribution in [0, 0.1) is 0 Å². The molecule has 0 aliphatic rings. The molecule has 0 saturated carbocycles. The van der Waals surface area contributed by atoms with Gasteiger partial charge < -0.3 is 9.17 Å². The molecule has 0 radical (unpaired) electrons.